The molecule has 3 N–H and O–H groups in total. The standard InChI is InChI=1S/C8H14N4/c1-6(2)5-11-7-3-4-10-8(9)12-7/h3-4,6H,5H2,1-2H3,(H3,9,10,11,12). The van der Waals surface area contributed by atoms with Gasteiger partial charge in [0.25, 0.3) is 0 Å². The number of nitrogen functional groups attached to an aromatic ring is 1. The first-order valence-electron chi connectivity index (χ1n) is 4.01. The van der Waals surface area contributed by atoms with Gasteiger partial charge < -0.3 is 11.1 Å². The molecule has 12 heavy (non-hydrogen) atoms. The summed E-state index contributed by atoms with van der Waals surface area (Å²) in [6.45, 7) is 5.17. The summed E-state index contributed by atoms with van der Waals surface area (Å²) in [4.78, 5) is 7.79. The van der Waals surface area contributed by atoms with Gasteiger partial charge in [-0.3, -0.25) is 0 Å². The number of hydrogen-bond donors (Lipinski definition) is 2. The Balaban J connectivity index is 2.52. The molecule has 4 heteroatoms. The van der Waals surface area contributed by atoms with Gasteiger partial charge in [0, 0.05) is 12.7 Å². The van der Waals surface area contributed by atoms with E-state index in [1.165, 1.54) is 0 Å². The Labute approximate surface area is 72.2 Å². The third-order valence-corrected chi connectivity index (χ3v) is 1.37. The van der Waals surface area contributed by atoms with Crippen molar-refractivity contribution in [3.05, 3.63) is 12.3 Å². The summed E-state index contributed by atoms with van der Waals surface area (Å²) in [5.74, 6) is 1.70. The average Bonchev–Trinajstić information content (AvgIpc) is 2.01. The largest absolute Gasteiger partial charge is 0.370 e. The fourth-order valence-electron chi connectivity index (χ4n) is 0.781. The maximum Gasteiger partial charge on any atom is 0.221 e. The predicted octanol–water partition coefficient (Wildman–Crippen LogP) is 1.13. The molecule has 0 radical (unpaired) electrons. The van der Waals surface area contributed by atoms with Gasteiger partial charge in [0.2, 0.25) is 5.95 Å². The molecular formula is C8H14N4. The number of hydrogen-bond acceptors (Lipinski definition) is 4. The van der Waals surface area contributed by atoms with E-state index in [0.717, 1.165) is 12.4 Å². The van der Waals surface area contributed by atoms with Crippen LogP contribution in [0.2, 0.25) is 0 Å². The second-order valence-corrected chi connectivity index (χ2v) is 3.07. The molecular weight excluding hydrogens is 152 g/mol. The highest BCUT2D eigenvalue weighted by atomic mass is 15.1. The van der Waals surface area contributed by atoms with Gasteiger partial charge in [-0.25, -0.2) is 4.98 Å². The highest BCUT2D eigenvalue weighted by Gasteiger charge is 1.96. The Morgan fingerprint density at radius 1 is 1.58 bits per heavy atom. The molecule has 0 fully saturated rings. The maximum atomic E-state index is 5.40. The van der Waals surface area contributed by atoms with Crippen LogP contribution >= 0.6 is 0 Å². The number of nitrogens with one attached hydrogen (secondary N) is 1. The number of rotatable bonds is 3. The zero-order valence-corrected chi connectivity index (χ0v) is 7.41. The van der Waals surface area contributed by atoms with Gasteiger partial charge >= 0.3 is 0 Å². The molecule has 4 nitrogen and oxygen atoms in total. The van der Waals surface area contributed by atoms with Crippen molar-refractivity contribution < 1.29 is 0 Å². The van der Waals surface area contributed by atoms with Gasteiger partial charge in [-0.2, -0.15) is 4.98 Å². The summed E-state index contributed by atoms with van der Waals surface area (Å²) in [7, 11) is 0. The van der Waals surface area contributed by atoms with Gasteiger partial charge in [-0.05, 0) is 12.0 Å². The van der Waals surface area contributed by atoms with Crippen molar-refractivity contribution in [2.75, 3.05) is 17.6 Å². The van der Waals surface area contributed by atoms with Crippen molar-refractivity contribution in [2.24, 2.45) is 5.92 Å². The molecule has 0 aliphatic rings. The molecule has 0 bridgehead atoms. The zero-order valence-electron chi connectivity index (χ0n) is 7.41. The molecule has 0 saturated heterocycles. The van der Waals surface area contributed by atoms with E-state index in [1.807, 2.05) is 0 Å². The van der Waals surface area contributed by atoms with Gasteiger partial charge in [0.15, 0.2) is 0 Å². The second-order valence-electron chi connectivity index (χ2n) is 3.07. The van der Waals surface area contributed by atoms with Gasteiger partial charge in [-0.15, -0.1) is 0 Å². The van der Waals surface area contributed by atoms with E-state index in [2.05, 4.69) is 29.1 Å². The van der Waals surface area contributed by atoms with Crippen LogP contribution < -0.4 is 11.1 Å². The smallest absolute Gasteiger partial charge is 0.221 e. The van der Waals surface area contributed by atoms with Crippen molar-refractivity contribution in [2.45, 2.75) is 13.8 Å². The van der Waals surface area contributed by atoms with E-state index in [1.54, 1.807) is 12.3 Å². The number of nitrogens with zero attached hydrogens (tertiary/aromatic N) is 2. The van der Waals surface area contributed by atoms with Crippen LogP contribution in [0.25, 0.3) is 0 Å². The minimum Gasteiger partial charge on any atom is -0.370 e. The highest BCUT2D eigenvalue weighted by molar-refractivity contribution is 5.37. The Bertz CT molecular complexity index is 247. The Morgan fingerprint density at radius 3 is 2.92 bits per heavy atom. The summed E-state index contributed by atoms with van der Waals surface area (Å²) >= 11 is 0. The minimum absolute atomic E-state index is 0.309. The first kappa shape index (κ1) is 8.77. The third kappa shape index (κ3) is 2.74. The lowest BCUT2D eigenvalue weighted by molar-refractivity contribution is 0.687. The van der Waals surface area contributed by atoms with Crippen molar-refractivity contribution in [3.63, 3.8) is 0 Å². The van der Waals surface area contributed by atoms with E-state index in [0.29, 0.717) is 11.9 Å². The molecule has 0 aromatic carbocycles. The van der Waals surface area contributed by atoms with E-state index < -0.39 is 0 Å². The predicted molar refractivity (Wildman–Crippen MR) is 49.8 cm³/mol. The summed E-state index contributed by atoms with van der Waals surface area (Å²) in [5.41, 5.74) is 5.40. The molecule has 66 valence electrons. The minimum atomic E-state index is 0.309. The maximum absolute atomic E-state index is 5.40. The molecule has 1 aromatic rings. The quantitative estimate of drug-likeness (QED) is 0.706. The Morgan fingerprint density at radius 2 is 2.33 bits per heavy atom. The van der Waals surface area contributed by atoms with E-state index in [9.17, 15) is 0 Å². The number of anilines is 2. The van der Waals surface area contributed by atoms with Crippen LogP contribution in [-0.4, -0.2) is 16.5 Å². The van der Waals surface area contributed by atoms with Crippen LogP contribution in [0, 0.1) is 5.92 Å². The highest BCUT2D eigenvalue weighted by Crippen LogP contribution is 2.03. The molecule has 0 saturated carbocycles. The average molecular weight is 166 g/mol. The van der Waals surface area contributed by atoms with E-state index in [4.69, 9.17) is 5.73 Å². The molecule has 0 aliphatic carbocycles. The molecule has 0 unspecified atom stereocenters. The van der Waals surface area contributed by atoms with Crippen LogP contribution in [0.3, 0.4) is 0 Å². The Kier molecular flexibility index (Phi) is 2.85. The van der Waals surface area contributed by atoms with Crippen LogP contribution in [0.1, 0.15) is 13.8 Å². The topological polar surface area (TPSA) is 63.8 Å². The zero-order chi connectivity index (χ0) is 8.97. The van der Waals surface area contributed by atoms with Crippen LogP contribution in [0.4, 0.5) is 11.8 Å². The summed E-state index contributed by atoms with van der Waals surface area (Å²) in [5, 5.41) is 3.15. The van der Waals surface area contributed by atoms with Crippen molar-refractivity contribution >= 4 is 11.8 Å². The summed E-state index contributed by atoms with van der Waals surface area (Å²) in [6.07, 6.45) is 1.64. The number of aromatic nitrogens is 2. The van der Waals surface area contributed by atoms with Crippen LogP contribution in [0.5, 0.6) is 0 Å². The van der Waals surface area contributed by atoms with E-state index in [-0.39, 0.29) is 0 Å². The Hall–Kier alpha value is -1.32. The van der Waals surface area contributed by atoms with E-state index >= 15 is 0 Å². The molecule has 0 atom stereocenters. The molecule has 0 spiro atoms. The van der Waals surface area contributed by atoms with Gasteiger partial charge in [-0.1, -0.05) is 13.8 Å². The molecule has 1 aromatic heterocycles. The fourth-order valence-corrected chi connectivity index (χ4v) is 0.781. The normalized spacial score (nSPS) is 10.2. The second kappa shape index (κ2) is 3.90. The third-order valence-electron chi connectivity index (χ3n) is 1.37. The lowest BCUT2D eigenvalue weighted by Gasteiger charge is -2.07. The molecule has 1 rings (SSSR count). The summed E-state index contributed by atoms with van der Waals surface area (Å²) < 4.78 is 0. The van der Waals surface area contributed by atoms with Gasteiger partial charge in [0.1, 0.15) is 5.82 Å². The lowest BCUT2D eigenvalue weighted by atomic mass is 10.2. The summed E-state index contributed by atoms with van der Waals surface area (Å²) in [6, 6.07) is 1.80. The van der Waals surface area contributed by atoms with Crippen molar-refractivity contribution in [1.82, 2.24) is 9.97 Å². The molecule has 0 amide bonds. The number of nitrogens with two attached hydrogens (primary N) is 1. The lowest BCUT2D eigenvalue weighted by Crippen LogP contribution is -2.09. The van der Waals surface area contributed by atoms with Crippen molar-refractivity contribution in [1.29, 1.82) is 0 Å². The van der Waals surface area contributed by atoms with Crippen LogP contribution in [0.15, 0.2) is 12.3 Å². The fraction of sp³-hybridized carbons (Fsp3) is 0.500. The SMILES string of the molecule is CC(C)CNc1ccnc(N)n1. The molecule has 1 heterocycles. The first-order valence-corrected chi connectivity index (χ1v) is 4.01. The monoisotopic (exact) mass is 166 g/mol. The molecule has 0 aliphatic heterocycles. The van der Waals surface area contributed by atoms with Gasteiger partial charge in [0.05, 0.1) is 0 Å². The first-order chi connectivity index (χ1) is 5.68. The van der Waals surface area contributed by atoms with Crippen molar-refractivity contribution in [3.8, 4) is 0 Å². The van der Waals surface area contributed by atoms with Crippen LogP contribution in [-0.2, 0) is 0 Å².